The minimum atomic E-state index is -0.920. The summed E-state index contributed by atoms with van der Waals surface area (Å²) < 4.78 is 13.8. The minimum absolute atomic E-state index is 0.0621. The molecule has 0 aromatic heterocycles. The molecule has 76 valence electrons. The summed E-state index contributed by atoms with van der Waals surface area (Å²) in [4.78, 5) is 10.4. The molecule has 0 amide bonds. The Morgan fingerprint density at radius 2 is 2.29 bits per heavy atom. The van der Waals surface area contributed by atoms with Crippen molar-refractivity contribution in [2.45, 2.75) is 19.3 Å². The van der Waals surface area contributed by atoms with Crippen molar-refractivity contribution in [1.82, 2.24) is 0 Å². The van der Waals surface area contributed by atoms with E-state index >= 15 is 0 Å². The number of carbonyl (C=O) groups is 1. The van der Waals surface area contributed by atoms with Gasteiger partial charge in [-0.2, -0.15) is 0 Å². The van der Waals surface area contributed by atoms with E-state index in [0.29, 0.717) is 10.0 Å². The van der Waals surface area contributed by atoms with Crippen molar-refractivity contribution in [3.8, 4) is 0 Å². The fourth-order valence-electron chi connectivity index (χ4n) is 1.27. The van der Waals surface area contributed by atoms with E-state index < -0.39 is 5.97 Å². The number of halogens is 2. The fraction of sp³-hybridized carbons (Fsp3) is 0.300. The lowest BCUT2D eigenvalue weighted by Gasteiger charge is -2.10. The van der Waals surface area contributed by atoms with Crippen molar-refractivity contribution in [2.75, 3.05) is 0 Å². The van der Waals surface area contributed by atoms with E-state index in [2.05, 4.69) is 15.9 Å². The molecule has 1 rings (SSSR count). The summed E-state index contributed by atoms with van der Waals surface area (Å²) in [5.74, 6) is -1.61. The standard InChI is InChI=1S/C10H10BrFO2/c1-6(5-9(13)14)7-3-2-4-8(11)10(7)12/h2-4,6H,5H2,1H3,(H,13,14). The van der Waals surface area contributed by atoms with Crippen molar-refractivity contribution in [3.05, 3.63) is 34.1 Å². The molecule has 1 aromatic rings. The molecule has 0 radical (unpaired) electrons. The Morgan fingerprint density at radius 1 is 1.64 bits per heavy atom. The van der Waals surface area contributed by atoms with Gasteiger partial charge in [-0.15, -0.1) is 0 Å². The highest BCUT2D eigenvalue weighted by Crippen LogP contribution is 2.26. The normalized spacial score (nSPS) is 12.5. The van der Waals surface area contributed by atoms with Gasteiger partial charge >= 0.3 is 5.97 Å². The number of carboxylic acids is 1. The SMILES string of the molecule is CC(CC(=O)O)c1cccc(Br)c1F. The molecule has 14 heavy (non-hydrogen) atoms. The zero-order chi connectivity index (χ0) is 10.7. The van der Waals surface area contributed by atoms with Gasteiger partial charge in [-0.05, 0) is 33.5 Å². The van der Waals surface area contributed by atoms with Gasteiger partial charge in [-0.25, -0.2) is 4.39 Å². The van der Waals surface area contributed by atoms with Gasteiger partial charge in [-0.3, -0.25) is 4.79 Å². The van der Waals surface area contributed by atoms with E-state index in [9.17, 15) is 9.18 Å². The Labute approximate surface area is 89.9 Å². The minimum Gasteiger partial charge on any atom is -0.481 e. The van der Waals surface area contributed by atoms with Crippen LogP contribution < -0.4 is 0 Å². The predicted octanol–water partition coefficient (Wildman–Crippen LogP) is 3.17. The third kappa shape index (κ3) is 2.54. The Balaban J connectivity index is 2.95. The van der Waals surface area contributed by atoms with Crippen molar-refractivity contribution in [1.29, 1.82) is 0 Å². The van der Waals surface area contributed by atoms with Crippen molar-refractivity contribution < 1.29 is 14.3 Å². The number of rotatable bonds is 3. The maximum Gasteiger partial charge on any atom is 0.303 e. The first-order valence-electron chi connectivity index (χ1n) is 4.18. The van der Waals surface area contributed by atoms with Crippen LogP contribution in [-0.4, -0.2) is 11.1 Å². The molecule has 1 N–H and O–H groups in total. The summed E-state index contributed by atoms with van der Waals surface area (Å²) in [6.45, 7) is 1.69. The van der Waals surface area contributed by atoms with Crippen LogP contribution >= 0.6 is 15.9 Å². The maximum atomic E-state index is 13.5. The monoisotopic (exact) mass is 260 g/mol. The van der Waals surface area contributed by atoms with Crippen LogP contribution in [0.1, 0.15) is 24.8 Å². The molecular weight excluding hydrogens is 251 g/mol. The zero-order valence-corrected chi connectivity index (χ0v) is 9.21. The topological polar surface area (TPSA) is 37.3 Å². The van der Waals surface area contributed by atoms with Crippen molar-refractivity contribution in [2.24, 2.45) is 0 Å². The number of hydrogen-bond donors (Lipinski definition) is 1. The molecule has 2 nitrogen and oxygen atoms in total. The molecule has 0 bridgehead atoms. The van der Waals surface area contributed by atoms with Crippen LogP contribution in [-0.2, 0) is 4.79 Å². The van der Waals surface area contributed by atoms with E-state index in [-0.39, 0.29) is 18.2 Å². The summed E-state index contributed by atoms with van der Waals surface area (Å²) >= 11 is 3.06. The lowest BCUT2D eigenvalue weighted by atomic mass is 9.97. The second-order valence-electron chi connectivity index (χ2n) is 3.14. The first-order valence-corrected chi connectivity index (χ1v) is 4.97. The Morgan fingerprint density at radius 3 is 2.86 bits per heavy atom. The van der Waals surface area contributed by atoms with Crippen LogP contribution in [0.5, 0.6) is 0 Å². The predicted molar refractivity (Wildman–Crippen MR) is 54.8 cm³/mol. The van der Waals surface area contributed by atoms with Gasteiger partial charge < -0.3 is 5.11 Å². The zero-order valence-electron chi connectivity index (χ0n) is 7.63. The van der Waals surface area contributed by atoms with Crippen LogP contribution in [0.4, 0.5) is 4.39 Å². The van der Waals surface area contributed by atoms with Crippen LogP contribution in [0.25, 0.3) is 0 Å². The molecule has 4 heteroatoms. The summed E-state index contributed by atoms with van der Waals surface area (Å²) in [5.41, 5.74) is 0.432. The quantitative estimate of drug-likeness (QED) is 0.907. The van der Waals surface area contributed by atoms with E-state index in [1.807, 2.05) is 0 Å². The molecule has 0 fully saturated rings. The molecule has 0 aliphatic heterocycles. The molecular formula is C10H10BrFO2. The van der Waals surface area contributed by atoms with Gasteiger partial charge in [0.15, 0.2) is 0 Å². The summed E-state index contributed by atoms with van der Waals surface area (Å²) in [7, 11) is 0. The van der Waals surface area contributed by atoms with Crippen LogP contribution in [0.2, 0.25) is 0 Å². The molecule has 0 saturated heterocycles. The number of benzene rings is 1. The summed E-state index contributed by atoms with van der Waals surface area (Å²) in [6, 6.07) is 4.89. The van der Waals surface area contributed by atoms with Gasteiger partial charge in [0, 0.05) is 0 Å². The summed E-state index contributed by atoms with van der Waals surface area (Å²) in [5, 5.41) is 8.57. The molecule has 0 spiro atoms. The van der Waals surface area contributed by atoms with Gasteiger partial charge in [0.05, 0.1) is 10.9 Å². The van der Waals surface area contributed by atoms with E-state index in [0.717, 1.165) is 0 Å². The first-order chi connectivity index (χ1) is 6.52. The molecule has 0 aliphatic rings. The highest BCUT2D eigenvalue weighted by molar-refractivity contribution is 9.10. The fourth-order valence-corrected chi connectivity index (χ4v) is 1.65. The second-order valence-corrected chi connectivity index (χ2v) is 4.00. The van der Waals surface area contributed by atoms with E-state index in [1.165, 1.54) is 0 Å². The number of aliphatic carboxylic acids is 1. The van der Waals surface area contributed by atoms with E-state index in [1.54, 1.807) is 25.1 Å². The second kappa shape index (κ2) is 4.55. The molecule has 1 unspecified atom stereocenters. The molecule has 0 heterocycles. The van der Waals surface area contributed by atoms with Crippen molar-refractivity contribution in [3.63, 3.8) is 0 Å². The smallest absolute Gasteiger partial charge is 0.303 e. The highest BCUT2D eigenvalue weighted by atomic mass is 79.9. The van der Waals surface area contributed by atoms with Gasteiger partial charge in [0.1, 0.15) is 5.82 Å². The molecule has 0 saturated carbocycles. The van der Waals surface area contributed by atoms with Crippen molar-refractivity contribution >= 4 is 21.9 Å². The Bertz CT molecular complexity index is 352. The third-order valence-corrected chi connectivity index (χ3v) is 2.61. The molecule has 1 atom stereocenters. The lowest BCUT2D eigenvalue weighted by molar-refractivity contribution is -0.137. The summed E-state index contributed by atoms with van der Waals surface area (Å²) in [6.07, 6.45) is -0.0621. The largest absolute Gasteiger partial charge is 0.481 e. The Hall–Kier alpha value is -0.900. The third-order valence-electron chi connectivity index (χ3n) is 1.99. The van der Waals surface area contributed by atoms with E-state index in [4.69, 9.17) is 5.11 Å². The van der Waals surface area contributed by atoms with Crippen LogP contribution in [0, 0.1) is 5.82 Å². The first kappa shape index (κ1) is 11.2. The van der Waals surface area contributed by atoms with Gasteiger partial charge in [-0.1, -0.05) is 19.1 Å². The molecule has 0 aliphatic carbocycles. The molecule has 1 aromatic carbocycles. The Kier molecular flexibility index (Phi) is 3.63. The van der Waals surface area contributed by atoms with Gasteiger partial charge in [0.25, 0.3) is 0 Å². The maximum absolute atomic E-state index is 13.5. The van der Waals surface area contributed by atoms with Crippen LogP contribution in [0.15, 0.2) is 22.7 Å². The lowest BCUT2D eigenvalue weighted by Crippen LogP contribution is -2.04. The highest BCUT2D eigenvalue weighted by Gasteiger charge is 2.15. The average molecular weight is 261 g/mol. The number of hydrogen-bond acceptors (Lipinski definition) is 1. The average Bonchev–Trinajstić information content (AvgIpc) is 2.08. The number of carboxylic acid groups (broad SMARTS) is 1. The van der Waals surface area contributed by atoms with Gasteiger partial charge in [0.2, 0.25) is 0 Å². The van der Waals surface area contributed by atoms with Crippen LogP contribution in [0.3, 0.4) is 0 Å².